The normalized spacial score (nSPS) is 14.6. The number of anilines is 1. The molecule has 1 fully saturated rings. The van der Waals surface area contributed by atoms with Crippen LogP contribution in [0.2, 0.25) is 0 Å². The van der Waals surface area contributed by atoms with E-state index in [2.05, 4.69) is 56.3 Å². The highest BCUT2D eigenvalue weighted by molar-refractivity contribution is 6.09. The van der Waals surface area contributed by atoms with Gasteiger partial charge in [-0.3, -0.25) is 9.69 Å². The Kier molecular flexibility index (Phi) is 7.96. The van der Waals surface area contributed by atoms with E-state index in [1.54, 1.807) is 12.4 Å². The van der Waals surface area contributed by atoms with Gasteiger partial charge in [-0.25, -0.2) is 15.0 Å². The van der Waals surface area contributed by atoms with Crippen LogP contribution < -0.4 is 10.2 Å². The summed E-state index contributed by atoms with van der Waals surface area (Å²) in [5.41, 5.74) is 5.45. The van der Waals surface area contributed by atoms with Gasteiger partial charge in [-0.2, -0.15) is 0 Å². The molecule has 1 aliphatic rings. The molecule has 1 aliphatic heterocycles. The quantitative estimate of drug-likeness (QED) is 0.263. The summed E-state index contributed by atoms with van der Waals surface area (Å²) in [6.07, 6.45) is 4.36. The first-order chi connectivity index (χ1) is 20.2. The van der Waals surface area contributed by atoms with Gasteiger partial charge in [0.25, 0.3) is 5.91 Å². The van der Waals surface area contributed by atoms with E-state index in [1.165, 1.54) is 0 Å². The van der Waals surface area contributed by atoms with Gasteiger partial charge in [-0.05, 0) is 24.1 Å². The maximum atomic E-state index is 14.3. The van der Waals surface area contributed by atoms with Crippen molar-refractivity contribution in [1.82, 2.24) is 25.2 Å². The number of hydrogen-bond acceptors (Lipinski definition) is 6. The predicted molar refractivity (Wildman–Crippen MR) is 164 cm³/mol. The molecule has 0 spiro atoms. The molecule has 3 aromatic carbocycles. The van der Waals surface area contributed by atoms with Crippen molar-refractivity contribution in [3.05, 3.63) is 120 Å². The third kappa shape index (κ3) is 5.81. The highest BCUT2D eigenvalue weighted by Crippen LogP contribution is 2.32. The number of carbonyl (C=O) groups excluding carboxylic acids is 1. The summed E-state index contributed by atoms with van der Waals surface area (Å²) in [5, 5.41) is 4.24. The number of carbonyl (C=O) groups is 1. The molecule has 0 radical (unpaired) electrons. The van der Waals surface area contributed by atoms with Crippen LogP contribution in [0.5, 0.6) is 0 Å². The maximum absolute atomic E-state index is 14.3. The van der Waals surface area contributed by atoms with Crippen LogP contribution in [0.4, 0.5) is 5.95 Å². The molecule has 0 unspecified atom stereocenters. The van der Waals surface area contributed by atoms with Crippen molar-refractivity contribution in [3.63, 3.8) is 0 Å². The highest BCUT2D eigenvalue weighted by atomic mass is 16.1. The molecular formula is C34H34N6O. The van der Waals surface area contributed by atoms with Gasteiger partial charge in [-0.15, -0.1) is 0 Å². The van der Waals surface area contributed by atoms with E-state index in [0.29, 0.717) is 12.1 Å². The van der Waals surface area contributed by atoms with Crippen LogP contribution in [-0.4, -0.2) is 51.9 Å². The number of rotatable bonds is 8. The van der Waals surface area contributed by atoms with Crippen molar-refractivity contribution in [2.24, 2.45) is 0 Å². The van der Waals surface area contributed by atoms with Gasteiger partial charge in [0.2, 0.25) is 5.95 Å². The number of hydrogen-bond donors (Lipinski definition) is 1. The molecule has 0 aliphatic carbocycles. The molecule has 0 bridgehead atoms. The Morgan fingerprint density at radius 3 is 2.20 bits per heavy atom. The maximum Gasteiger partial charge on any atom is 0.252 e. The summed E-state index contributed by atoms with van der Waals surface area (Å²) >= 11 is 0. The lowest BCUT2D eigenvalue weighted by atomic mass is 9.94. The minimum absolute atomic E-state index is 0.0668. The molecule has 1 N–H and O–H groups in total. The number of aromatic nitrogens is 3. The summed E-state index contributed by atoms with van der Waals surface area (Å²) in [4.78, 5) is 32.9. The third-order valence-electron chi connectivity index (χ3n) is 7.77. The van der Waals surface area contributed by atoms with Crippen molar-refractivity contribution in [2.45, 2.75) is 25.9 Å². The lowest BCUT2D eigenvalue weighted by molar-refractivity contribution is 0.0935. The first-order valence-electron chi connectivity index (χ1n) is 14.3. The third-order valence-corrected chi connectivity index (χ3v) is 7.77. The standard InChI is InChI=1S/C34H34N6O/c1-2-29(25-12-5-3-6-13-25)38-33(41)31-27-16-9-10-17-30(27)37-32(26-14-7-4-8-15-26)28(31)24-39-20-22-40(23-21-39)34-35-18-11-19-36-34/h3-19,29H,2,20-24H2,1H3,(H,38,41)/t29-/m0/s1. The van der Waals surface area contributed by atoms with E-state index in [0.717, 1.165) is 71.8 Å². The summed E-state index contributed by atoms with van der Waals surface area (Å²) in [7, 11) is 0. The second-order valence-electron chi connectivity index (χ2n) is 10.4. The van der Waals surface area contributed by atoms with Crippen molar-refractivity contribution >= 4 is 22.8 Å². The first-order valence-corrected chi connectivity index (χ1v) is 14.3. The van der Waals surface area contributed by atoms with Crippen LogP contribution in [-0.2, 0) is 6.54 Å². The molecule has 7 heteroatoms. The number of para-hydroxylation sites is 1. The second-order valence-corrected chi connectivity index (χ2v) is 10.4. The topological polar surface area (TPSA) is 74.2 Å². The molecule has 206 valence electrons. The fourth-order valence-corrected chi connectivity index (χ4v) is 5.62. The molecular weight excluding hydrogens is 508 g/mol. The van der Waals surface area contributed by atoms with Gasteiger partial charge < -0.3 is 10.2 Å². The monoisotopic (exact) mass is 542 g/mol. The SMILES string of the molecule is CC[C@H](NC(=O)c1c(CN2CCN(c3ncccn3)CC2)c(-c2ccccc2)nc2ccccc12)c1ccccc1. The second kappa shape index (κ2) is 12.3. The van der Waals surface area contributed by atoms with Crippen LogP contribution >= 0.6 is 0 Å². The Bertz CT molecular complexity index is 1600. The van der Waals surface area contributed by atoms with E-state index in [9.17, 15) is 4.79 Å². The van der Waals surface area contributed by atoms with Crippen LogP contribution in [0.25, 0.3) is 22.2 Å². The molecule has 5 aromatic rings. The van der Waals surface area contributed by atoms with E-state index in [4.69, 9.17) is 4.98 Å². The van der Waals surface area contributed by atoms with E-state index < -0.39 is 0 Å². The lowest BCUT2D eigenvalue weighted by Crippen LogP contribution is -2.46. The van der Waals surface area contributed by atoms with Gasteiger partial charge in [0, 0.05) is 61.6 Å². The Balaban J connectivity index is 1.39. The summed E-state index contributed by atoms with van der Waals surface area (Å²) in [6, 6.07) is 30.1. The number of benzene rings is 3. The zero-order valence-corrected chi connectivity index (χ0v) is 23.3. The molecule has 7 nitrogen and oxygen atoms in total. The average molecular weight is 543 g/mol. The minimum Gasteiger partial charge on any atom is -0.345 e. The van der Waals surface area contributed by atoms with Gasteiger partial charge in [0.1, 0.15) is 0 Å². The number of amides is 1. The Morgan fingerprint density at radius 2 is 1.49 bits per heavy atom. The van der Waals surface area contributed by atoms with Gasteiger partial charge >= 0.3 is 0 Å². The van der Waals surface area contributed by atoms with Gasteiger partial charge in [-0.1, -0.05) is 85.8 Å². The fraction of sp³-hybridized carbons (Fsp3) is 0.235. The number of nitrogens with zero attached hydrogens (tertiary/aromatic N) is 5. The van der Waals surface area contributed by atoms with Crippen LogP contribution in [0.1, 0.15) is 40.9 Å². The van der Waals surface area contributed by atoms with Gasteiger partial charge in [0.05, 0.1) is 22.8 Å². The summed E-state index contributed by atoms with van der Waals surface area (Å²) < 4.78 is 0. The lowest BCUT2D eigenvalue weighted by Gasteiger charge is -2.35. The Morgan fingerprint density at radius 1 is 0.829 bits per heavy atom. The number of nitrogens with one attached hydrogen (secondary N) is 1. The van der Waals surface area contributed by atoms with Crippen LogP contribution in [0.15, 0.2) is 103 Å². The predicted octanol–water partition coefficient (Wildman–Crippen LogP) is 5.90. The van der Waals surface area contributed by atoms with E-state index in [-0.39, 0.29) is 11.9 Å². The number of piperazine rings is 1. The molecule has 41 heavy (non-hydrogen) atoms. The fourth-order valence-electron chi connectivity index (χ4n) is 5.62. The largest absolute Gasteiger partial charge is 0.345 e. The Labute approximate surface area is 240 Å². The molecule has 0 saturated carbocycles. The molecule has 1 amide bonds. The van der Waals surface area contributed by atoms with Gasteiger partial charge in [0.15, 0.2) is 0 Å². The van der Waals surface area contributed by atoms with Crippen molar-refractivity contribution in [3.8, 4) is 11.3 Å². The number of fused-ring (bicyclic) bond motifs is 1. The van der Waals surface area contributed by atoms with E-state index >= 15 is 0 Å². The molecule has 1 saturated heterocycles. The molecule has 1 atom stereocenters. The van der Waals surface area contributed by atoms with E-state index in [1.807, 2.05) is 66.7 Å². The average Bonchev–Trinajstić information content (AvgIpc) is 3.04. The first kappa shape index (κ1) is 26.6. The zero-order valence-electron chi connectivity index (χ0n) is 23.3. The minimum atomic E-state index is -0.0851. The molecule has 2 aromatic heterocycles. The van der Waals surface area contributed by atoms with Crippen molar-refractivity contribution in [1.29, 1.82) is 0 Å². The van der Waals surface area contributed by atoms with Crippen molar-refractivity contribution < 1.29 is 4.79 Å². The van der Waals surface area contributed by atoms with Crippen LogP contribution in [0, 0.1) is 0 Å². The molecule has 6 rings (SSSR count). The Hall–Kier alpha value is -4.62. The highest BCUT2D eigenvalue weighted by Gasteiger charge is 2.27. The summed E-state index contributed by atoms with van der Waals surface area (Å²) in [6.45, 7) is 6.04. The van der Waals surface area contributed by atoms with Crippen molar-refractivity contribution in [2.75, 3.05) is 31.1 Å². The molecule has 3 heterocycles. The van der Waals surface area contributed by atoms with Crippen LogP contribution in [0.3, 0.4) is 0 Å². The smallest absolute Gasteiger partial charge is 0.252 e. The number of pyridine rings is 1. The zero-order chi connectivity index (χ0) is 28.0. The summed E-state index contributed by atoms with van der Waals surface area (Å²) in [5.74, 6) is 0.693.